The van der Waals surface area contributed by atoms with E-state index in [2.05, 4.69) is 128 Å². The molecule has 59 heavy (non-hydrogen) atoms. The number of aromatic nitrogens is 4. The minimum atomic E-state index is 0.556. The maximum Gasteiger partial charge on any atom is 0.164 e. The van der Waals surface area contributed by atoms with Crippen LogP contribution in [0.3, 0.4) is 0 Å². The predicted octanol–water partition coefficient (Wildman–Crippen LogP) is 13.5. The van der Waals surface area contributed by atoms with Crippen LogP contribution in [0.2, 0.25) is 0 Å². The number of benzene rings is 8. The zero-order chi connectivity index (χ0) is 39.9. The van der Waals surface area contributed by atoms with Gasteiger partial charge >= 0.3 is 0 Å². The second-order valence-electron chi connectivity index (χ2n) is 15.0. The molecule has 0 aliphatic rings. The van der Waals surface area contributed by atoms with Gasteiger partial charge in [0.05, 0.1) is 22.7 Å². The third-order valence-electron chi connectivity index (χ3n) is 11.1. The van der Waals surface area contributed by atoms with Gasteiger partial charge in [0.15, 0.2) is 17.5 Å². The lowest BCUT2D eigenvalue weighted by molar-refractivity contribution is 1.07. The van der Waals surface area contributed by atoms with Crippen LogP contribution in [-0.4, -0.2) is 19.5 Å². The number of nitriles is 1. The Kier molecular flexibility index (Phi) is 8.93. The van der Waals surface area contributed by atoms with E-state index in [9.17, 15) is 5.26 Å². The number of aryl methyl sites for hydroxylation is 2. The van der Waals surface area contributed by atoms with E-state index in [1.54, 1.807) is 0 Å². The molecule has 0 unspecified atom stereocenters. The molecule has 5 nitrogen and oxygen atoms in total. The molecule has 0 saturated carbocycles. The van der Waals surface area contributed by atoms with Crippen molar-refractivity contribution in [1.29, 1.82) is 5.26 Å². The second kappa shape index (κ2) is 14.9. The fraction of sp³-hybridized carbons (Fsp3) is 0.0370. The van der Waals surface area contributed by atoms with Crippen molar-refractivity contribution in [3.8, 4) is 79.3 Å². The summed E-state index contributed by atoms with van der Waals surface area (Å²) in [5, 5.41) is 12.0. The topological polar surface area (TPSA) is 67.4 Å². The molecule has 278 valence electrons. The van der Waals surface area contributed by atoms with Crippen LogP contribution >= 0.6 is 0 Å². The van der Waals surface area contributed by atoms with Crippen LogP contribution in [0.4, 0.5) is 0 Å². The Morgan fingerprint density at radius 2 is 0.847 bits per heavy atom. The molecule has 0 fully saturated rings. The number of fused-ring (bicyclic) bond motifs is 3. The van der Waals surface area contributed by atoms with Crippen molar-refractivity contribution in [3.63, 3.8) is 0 Å². The van der Waals surface area contributed by atoms with Gasteiger partial charge in [-0.15, -0.1) is 0 Å². The number of nitrogens with zero attached hydrogens (tertiary/aromatic N) is 5. The molecule has 0 amide bonds. The minimum Gasteiger partial charge on any atom is -0.309 e. The van der Waals surface area contributed by atoms with Gasteiger partial charge in [0, 0.05) is 33.2 Å². The Bertz CT molecular complexity index is 3040. The number of hydrogen-bond donors (Lipinski definition) is 0. The summed E-state index contributed by atoms with van der Waals surface area (Å²) in [5.41, 5.74) is 15.4. The molecule has 10 rings (SSSR count). The molecule has 0 radical (unpaired) electrons. The fourth-order valence-corrected chi connectivity index (χ4v) is 7.91. The van der Waals surface area contributed by atoms with Gasteiger partial charge in [-0.1, -0.05) is 163 Å². The SMILES string of the molecule is Cc1ccc(-c2ccc3c4ccc(-c5ccc(C)cc5)cc4n(-c4ccc(-c5ccc(C#N)cc5)c(-c5nc(-c6ccccc6)nc(-c6ccccc6)n5)c4)c3c2)cc1. The average Bonchev–Trinajstić information content (AvgIpc) is 3.62. The fourth-order valence-electron chi connectivity index (χ4n) is 7.91. The van der Waals surface area contributed by atoms with Gasteiger partial charge in [-0.25, -0.2) is 15.0 Å². The first-order valence-corrected chi connectivity index (χ1v) is 19.7. The molecule has 0 atom stereocenters. The maximum atomic E-state index is 9.65. The lowest BCUT2D eigenvalue weighted by Gasteiger charge is -2.16. The van der Waals surface area contributed by atoms with E-state index in [1.165, 1.54) is 33.0 Å². The Morgan fingerprint density at radius 1 is 0.390 bits per heavy atom. The zero-order valence-corrected chi connectivity index (χ0v) is 32.6. The largest absolute Gasteiger partial charge is 0.309 e. The van der Waals surface area contributed by atoms with Gasteiger partial charge in [0.1, 0.15) is 0 Å². The third kappa shape index (κ3) is 6.73. The molecule has 0 bridgehead atoms. The van der Waals surface area contributed by atoms with Crippen LogP contribution < -0.4 is 0 Å². The molecule has 10 aromatic rings. The molecule has 0 aliphatic heterocycles. The highest BCUT2D eigenvalue weighted by atomic mass is 15.0. The monoisotopic (exact) mass is 755 g/mol. The highest BCUT2D eigenvalue weighted by Gasteiger charge is 2.20. The van der Waals surface area contributed by atoms with Crippen LogP contribution in [0.25, 0.3) is 95.0 Å². The summed E-state index contributed by atoms with van der Waals surface area (Å²) in [6.45, 7) is 4.24. The van der Waals surface area contributed by atoms with Crippen molar-refractivity contribution in [1.82, 2.24) is 19.5 Å². The van der Waals surface area contributed by atoms with Gasteiger partial charge in [0.25, 0.3) is 0 Å². The summed E-state index contributed by atoms with van der Waals surface area (Å²) in [4.78, 5) is 15.4. The van der Waals surface area contributed by atoms with Crippen molar-refractivity contribution in [2.24, 2.45) is 0 Å². The van der Waals surface area contributed by atoms with Crippen LogP contribution in [0.5, 0.6) is 0 Å². The number of hydrogen-bond acceptors (Lipinski definition) is 4. The summed E-state index contributed by atoms with van der Waals surface area (Å²) in [5.74, 6) is 1.74. The predicted molar refractivity (Wildman–Crippen MR) is 241 cm³/mol. The molecular weight excluding hydrogens is 719 g/mol. The van der Waals surface area contributed by atoms with Crippen molar-refractivity contribution in [2.45, 2.75) is 13.8 Å². The summed E-state index contributed by atoms with van der Waals surface area (Å²) >= 11 is 0. The van der Waals surface area contributed by atoms with Gasteiger partial charge < -0.3 is 4.57 Å². The molecule has 0 saturated heterocycles. The Morgan fingerprint density at radius 3 is 1.34 bits per heavy atom. The van der Waals surface area contributed by atoms with E-state index >= 15 is 0 Å². The highest BCUT2D eigenvalue weighted by molar-refractivity contribution is 6.11. The van der Waals surface area contributed by atoms with E-state index in [4.69, 9.17) is 15.0 Å². The van der Waals surface area contributed by atoms with Crippen LogP contribution in [-0.2, 0) is 0 Å². The first-order chi connectivity index (χ1) is 29.0. The van der Waals surface area contributed by atoms with E-state index in [0.717, 1.165) is 55.7 Å². The molecular formula is C54H37N5. The van der Waals surface area contributed by atoms with Crippen molar-refractivity contribution < 1.29 is 0 Å². The van der Waals surface area contributed by atoms with Crippen LogP contribution in [0.1, 0.15) is 16.7 Å². The van der Waals surface area contributed by atoms with Crippen LogP contribution in [0.15, 0.2) is 188 Å². The first-order valence-electron chi connectivity index (χ1n) is 19.7. The smallest absolute Gasteiger partial charge is 0.164 e. The lowest BCUT2D eigenvalue weighted by atomic mass is 9.97. The maximum absolute atomic E-state index is 9.65. The quantitative estimate of drug-likeness (QED) is 0.162. The van der Waals surface area contributed by atoms with Gasteiger partial charge in [-0.3, -0.25) is 0 Å². The molecule has 5 heteroatoms. The molecule has 0 N–H and O–H groups in total. The van der Waals surface area contributed by atoms with E-state index in [-0.39, 0.29) is 0 Å². The molecule has 2 heterocycles. The van der Waals surface area contributed by atoms with E-state index in [1.807, 2.05) is 84.9 Å². The molecule has 0 aliphatic carbocycles. The summed E-state index contributed by atoms with van der Waals surface area (Å²) in [6, 6.07) is 67.7. The zero-order valence-electron chi connectivity index (χ0n) is 32.6. The van der Waals surface area contributed by atoms with Crippen molar-refractivity contribution >= 4 is 21.8 Å². The standard InChI is InChI=1S/C54H37N5/c1-35-13-19-38(20-14-35)43-25-28-47-48-29-26-44(39-21-15-36(2)16-22-39)32-51(48)59(50(47)31-43)45-27-30-46(40-23-17-37(34-55)18-24-40)49(33-45)54-57-52(41-9-5-3-6-10-41)56-53(58-54)42-11-7-4-8-12-42/h3-33H,1-2H3. The number of rotatable bonds is 7. The van der Waals surface area contributed by atoms with Crippen molar-refractivity contribution in [3.05, 3.63) is 205 Å². The lowest BCUT2D eigenvalue weighted by Crippen LogP contribution is -2.02. The van der Waals surface area contributed by atoms with E-state index in [0.29, 0.717) is 23.0 Å². The third-order valence-corrected chi connectivity index (χ3v) is 11.1. The highest BCUT2D eigenvalue weighted by Crippen LogP contribution is 2.40. The minimum absolute atomic E-state index is 0.556. The Hall–Kier alpha value is -7.94. The van der Waals surface area contributed by atoms with Gasteiger partial charge in [-0.05, 0) is 83.6 Å². The normalized spacial score (nSPS) is 11.2. The Labute approximate surface area is 343 Å². The van der Waals surface area contributed by atoms with E-state index < -0.39 is 0 Å². The van der Waals surface area contributed by atoms with Gasteiger partial charge in [0.2, 0.25) is 0 Å². The second-order valence-corrected chi connectivity index (χ2v) is 15.0. The summed E-state index contributed by atoms with van der Waals surface area (Å²) in [7, 11) is 0. The average molecular weight is 756 g/mol. The molecule has 0 spiro atoms. The molecule has 8 aromatic carbocycles. The molecule has 2 aromatic heterocycles. The Balaban J connectivity index is 1.26. The van der Waals surface area contributed by atoms with Gasteiger partial charge in [-0.2, -0.15) is 5.26 Å². The van der Waals surface area contributed by atoms with Crippen LogP contribution in [0, 0.1) is 25.2 Å². The summed E-state index contributed by atoms with van der Waals surface area (Å²) < 4.78 is 2.38. The summed E-state index contributed by atoms with van der Waals surface area (Å²) in [6.07, 6.45) is 0. The van der Waals surface area contributed by atoms with Crippen molar-refractivity contribution in [2.75, 3.05) is 0 Å². The first kappa shape index (κ1) is 35.5.